The summed E-state index contributed by atoms with van der Waals surface area (Å²) in [4.78, 5) is 33.8. The normalized spacial score (nSPS) is 13.7. The van der Waals surface area contributed by atoms with E-state index in [4.69, 9.17) is 14.6 Å². The third-order valence-electron chi connectivity index (χ3n) is 5.65. The van der Waals surface area contributed by atoms with Gasteiger partial charge in [0.25, 0.3) is 0 Å². The number of aliphatic hydroxyl groups is 1. The molecule has 224 valence electrons. The minimum Gasteiger partial charge on any atom is -0.504 e. The standard InChI is InChI=1S/C17H25N3O4.C12H14O5/c1-17(2,3)18-9-12(21)10-24-15-6-4-11(8-14(15)22)13-5-7-16(23)20-19-13;1-2-17-12(16)6-5-9(13)8-3-4-10(14)11(15)7-8/h4,6,8,12,18,21-22H,5,7,9-10H2,1-3H3,(H,20,23);3-4,7,14-15H,2,5-6H2,1H3. The number of hydrogen-bond donors (Lipinski definition) is 6. The van der Waals surface area contributed by atoms with Crippen LogP contribution in [0.5, 0.6) is 23.0 Å². The Labute approximate surface area is 239 Å². The molecule has 0 aliphatic carbocycles. The molecule has 1 amide bonds. The van der Waals surface area contributed by atoms with Gasteiger partial charge < -0.3 is 35.2 Å². The van der Waals surface area contributed by atoms with Gasteiger partial charge in [-0.15, -0.1) is 0 Å². The highest BCUT2D eigenvalue weighted by Crippen LogP contribution is 2.28. The van der Waals surface area contributed by atoms with Gasteiger partial charge in [0.05, 0.1) is 18.7 Å². The fourth-order valence-electron chi connectivity index (χ4n) is 3.46. The highest BCUT2D eigenvalue weighted by atomic mass is 16.5. The molecule has 0 fully saturated rings. The molecule has 1 aliphatic heterocycles. The lowest BCUT2D eigenvalue weighted by molar-refractivity contribution is -0.143. The number of nitrogens with one attached hydrogen (secondary N) is 2. The molecule has 12 heteroatoms. The summed E-state index contributed by atoms with van der Waals surface area (Å²) in [5.41, 5.74) is 4.04. The lowest BCUT2D eigenvalue weighted by Gasteiger charge is -2.23. The molecule has 1 atom stereocenters. The van der Waals surface area contributed by atoms with Gasteiger partial charge in [-0.2, -0.15) is 5.10 Å². The number of benzene rings is 2. The quantitative estimate of drug-likeness (QED) is 0.133. The minimum absolute atomic E-state index is 0.00825. The third-order valence-corrected chi connectivity index (χ3v) is 5.65. The Morgan fingerprint density at radius 3 is 2.34 bits per heavy atom. The van der Waals surface area contributed by atoms with E-state index >= 15 is 0 Å². The predicted molar refractivity (Wildman–Crippen MR) is 151 cm³/mol. The van der Waals surface area contributed by atoms with E-state index in [0.29, 0.717) is 30.8 Å². The Kier molecular flexibility index (Phi) is 12.6. The van der Waals surface area contributed by atoms with E-state index < -0.39 is 12.1 Å². The summed E-state index contributed by atoms with van der Waals surface area (Å²) in [5.74, 6) is -1.19. The number of rotatable bonds is 11. The number of esters is 1. The Hall–Kier alpha value is -4.16. The van der Waals surface area contributed by atoms with Crippen LogP contribution in [0.3, 0.4) is 0 Å². The molecule has 1 heterocycles. The topological polar surface area (TPSA) is 187 Å². The average Bonchev–Trinajstić information content (AvgIpc) is 2.92. The summed E-state index contributed by atoms with van der Waals surface area (Å²) in [6.07, 6.45) is 0.256. The van der Waals surface area contributed by atoms with Crippen LogP contribution >= 0.6 is 0 Å². The van der Waals surface area contributed by atoms with Crippen LogP contribution in [0.15, 0.2) is 41.5 Å². The molecule has 6 N–H and O–H groups in total. The van der Waals surface area contributed by atoms with Crippen LogP contribution in [0.25, 0.3) is 0 Å². The van der Waals surface area contributed by atoms with E-state index in [-0.39, 0.29) is 66.1 Å². The molecule has 2 aromatic rings. The van der Waals surface area contributed by atoms with E-state index in [1.807, 2.05) is 20.8 Å². The first-order chi connectivity index (χ1) is 19.3. The molecule has 3 rings (SSSR count). The fourth-order valence-corrected chi connectivity index (χ4v) is 3.46. The lowest BCUT2D eigenvalue weighted by Crippen LogP contribution is -2.42. The number of aliphatic hydroxyl groups excluding tert-OH is 1. The molecule has 1 unspecified atom stereocenters. The summed E-state index contributed by atoms with van der Waals surface area (Å²) in [6, 6.07) is 8.74. The van der Waals surface area contributed by atoms with Crippen molar-refractivity contribution < 1.29 is 44.3 Å². The number of carbonyl (C=O) groups excluding carboxylic acids is 3. The molecule has 0 spiro atoms. The highest BCUT2D eigenvalue weighted by molar-refractivity contribution is 6.04. The van der Waals surface area contributed by atoms with Gasteiger partial charge in [0.1, 0.15) is 12.7 Å². The molecule has 2 aromatic carbocycles. The second kappa shape index (κ2) is 15.6. The van der Waals surface area contributed by atoms with Crippen molar-refractivity contribution in [1.29, 1.82) is 0 Å². The lowest BCUT2D eigenvalue weighted by atomic mass is 10.0. The third kappa shape index (κ3) is 11.9. The number of β-amino-alcohol motifs (C(OH)–C–C–N with tert-alkyl or cyclic N) is 1. The zero-order chi connectivity index (χ0) is 30.6. The zero-order valence-electron chi connectivity index (χ0n) is 23.8. The van der Waals surface area contributed by atoms with E-state index in [9.17, 15) is 29.7 Å². The van der Waals surface area contributed by atoms with Crippen LogP contribution in [-0.2, 0) is 14.3 Å². The molecule has 0 radical (unpaired) electrons. The van der Waals surface area contributed by atoms with Crippen molar-refractivity contribution in [1.82, 2.24) is 10.7 Å². The molecule has 12 nitrogen and oxygen atoms in total. The number of phenols is 3. The van der Waals surface area contributed by atoms with Crippen LogP contribution in [-0.4, -0.2) is 75.2 Å². The van der Waals surface area contributed by atoms with Crippen molar-refractivity contribution in [3.8, 4) is 23.0 Å². The summed E-state index contributed by atoms with van der Waals surface area (Å²) in [5, 5.41) is 45.5. The fraction of sp³-hybridized carbons (Fsp3) is 0.448. The van der Waals surface area contributed by atoms with Gasteiger partial charge in [0.15, 0.2) is 28.8 Å². The number of carbonyl (C=O) groups is 3. The molecule has 1 aliphatic rings. The highest BCUT2D eigenvalue weighted by Gasteiger charge is 2.17. The SMILES string of the molecule is CC(C)(C)NCC(O)COc1ccc(C2=NNC(=O)CC2)cc1O.CCOC(=O)CCC(=O)c1ccc(O)c(O)c1. The molecule has 41 heavy (non-hydrogen) atoms. The number of nitrogens with zero attached hydrogens (tertiary/aromatic N) is 1. The minimum atomic E-state index is -0.679. The van der Waals surface area contributed by atoms with Gasteiger partial charge in [-0.3, -0.25) is 14.4 Å². The van der Waals surface area contributed by atoms with Crippen LogP contribution in [0, 0.1) is 0 Å². The Bertz CT molecular complexity index is 1240. The van der Waals surface area contributed by atoms with Gasteiger partial charge >= 0.3 is 5.97 Å². The number of phenolic OH excluding ortho intramolecular Hbond substituents is 3. The Morgan fingerprint density at radius 1 is 1.02 bits per heavy atom. The molecule has 0 aromatic heterocycles. The maximum Gasteiger partial charge on any atom is 0.306 e. The van der Waals surface area contributed by atoms with Crippen molar-refractivity contribution in [2.75, 3.05) is 19.8 Å². The maximum atomic E-state index is 11.6. The first kappa shape index (κ1) is 33.0. The van der Waals surface area contributed by atoms with Crippen molar-refractivity contribution in [2.24, 2.45) is 5.10 Å². The summed E-state index contributed by atoms with van der Waals surface area (Å²) >= 11 is 0. The van der Waals surface area contributed by atoms with Crippen LogP contribution < -0.4 is 15.5 Å². The van der Waals surface area contributed by atoms with Crippen molar-refractivity contribution in [3.05, 3.63) is 47.5 Å². The predicted octanol–water partition coefficient (Wildman–Crippen LogP) is 2.76. The molecular formula is C29H39N3O9. The number of amides is 1. The molecule has 0 saturated heterocycles. The smallest absolute Gasteiger partial charge is 0.306 e. The van der Waals surface area contributed by atoms with E-state index in [0.717, 1.165) is 5.56 Å². The van der Waals surface area contributed by atoms with Gasteiger partial charge in [0.2, 0.25) is 5.91 Å². The zero-order valence-corrected chi connectivity index (χ0v) is 23.8. The van der Waals surface area contributed by atoms with Crippen LogP contribution in [0.4, 0.5) is 0 Å². The second-order valence-electron chi connectivity index (χ2n) is 10.3. The van der Waals surface area contributed by atoms with Crippen molar-refractivity contribution in [2.45, 2.75) is 65.0 Å². The monoisotopic (exact) mass is 573 g/mol. The van der Waals surface area contributed by atoms with Gasteiger partial charge in [0, 0.05) is 42.5 Å². The number of aromatic hydroxyl groups is 3. The number of hydrazone groups is 1. The number of ketones is 1. The van der Waals surface area contributed by atoms with E-state index in [2.05, 4.69) is 15.8 Å². The second-order valence-corrected chi connectivity index (χ2v) is 10.3. The van der Waals surface area contributed by atoms with E-state index in [1.54, 1.807) is 25.1 Å². The Balaban J connectivity index is 0.000000305. The summed E-state index contributed by atoms with van der Waals surface area (Å²) in [6.45, 7) is 8.50. The van der Waals surface area contributed by atoms with Crippen LogP contribution in [0.1, 0.15) is 69.3 Å². The van der Waals surface area contributed by atoms with Crippen molar-refractivity contribution >= 4 is 23.4 Å². The molecule has 0 saturated carbocycles. The Morgan fingerprint density at radius 2 is 1.76 bits per heavy atom. The van der Waals surface area contributed by atoms with Crippen LogP contribution in [0.2, 0.25) is 0 Å². The van der Waals surface area contributed by atoms with Crippen molar-refractivity contribution in [3.63, 3.8) is 0 Å². The number of Topliss-reactive ketones (excluding diaryl/α,β-unsaturated/α-hetero) is 1. The number of ether oxygens (including phenoxy) is 2. The first-order valence-corrected chi connectivity index (χ1v) is 13.2. The molecular weight excluding hydrogens is 534 g/mol. The summed E-state index contributed by atoms with van der Waals surface area (Å²) in [7, 11) is 0. The first-order valence-electron chi connectivity index (χ1n) is 13.2. The van der Waals surface area contributed by atoms with Gasteiger partial charge in [-0.05, 0) is 64.1 Å². The van der Waals surface area contributed by atoms with E-state index in [1.165, 1.54) is 18.2 Å². The maximum absolute atomic E-state index is 11.6. The number of hydrogen-bond acceptors (Lipinski definition) is 11. The van der Waals surface area contributed by atoms with Gasteiger partial charge in [-0.25, -0.2) is 5.43 Å². The largest absolute Gasteiger partial charge is 0.504 e. The molecule has 0 bridgehead atoms. The van der Waals surface area contributed by atoms with Gasteiger partial charge in [-0.1, -0.05) is 0 Å². The average molecular weight is 574 g/mol. The summed E-state index contributed by atoms with van der Waals surface area (Å²) < 4.78 is 10.2.